The average molecular weight is 199 g/mol. The van der Waals surface area contributed by atoms with Crippen molar-refractivity contribution in [1.29, 1.82) is 0 Å². The molecule has 0 amide bonds. The van der Waals surface area contributed by atoms with Crippen LogP contribution in [0.4, 0.5) is 0 Å². The number of aromatic nitrogens is 2. The largest absolute Gasteiger partial charge is 0.411 e. The molecule has 0 unspecified atom stereocenters. The predicted octanol–water partition coefficient (Wildman–Crippen LogP) is 1.95. The summed E-state index contributed by atoms with van der Waals surface area (Å²) < 4.78 is 0. The zero-order valence-electron chi connectivity index (χ0n) is 7.91. The Bertz CT molecular complexity index is 468. The number of pyridine rings is 2. The van der Waals surface area contributed by atoms with Gasteiger partial charge in [-0.15, -0.1) is 0 Å². The molecular weight excluding hydrogens is 190 g/mol. The van der Waals surface area contributed by atoms with Gasteiger partial charge in [-0.3, -0.25) is 9.97 Å². The molecule has 0 aliphatic rings. The summed E-state index contributed by atoms with van der Waals surface area (Å²) in [5.74, 6) is 0. The fourth-order valence-electron chi connectivity index (χ4n) is 1.25. The van der Waals surface area contributed by atoms with Gasteiger partial charge in [0.2, 0.25) is 0 Å². The fourth-order valence-corrected chi connectivity index (χ4v) is 1.25. The highest BCUT2D eigenvalue weighted by Gasteiger charge is 1.99. The molecule has 0 spiro atoms. The van der Waals surface area contributed by atoms with Crippen LogP contribution in [-0.4, -0.2) is 21.4 Å². The van der Waals surface area contributed by atoms with Gasteiger partial charge in [-0.05, 0) is 29.8 Å². The summed E-state index contributed by atoms with van der Waals surface area (Å²) in [5.41, 5.74) is 2.34. The van der Waals surface area contributed by atoms with Crippen LogP contribution in [0.3, 0.4) is 0 Å². The topological polar surface area (TPSA) is 58.4 Å². The minimum atomic E-state index is 0.757. The minimum Gasteiger partial charge on any atom is -0.411 e. The Labute approximate surface area is 86.9 Å². The van der Waals surface area contributed by atoms with Crippen molar-refractivity contribution in [1.82, 2.24) is 9.97 Å². The molecule has 74 valence electrons. The van der Waals surface area contributed by atoms with E-state index in [0.717, 1.165) is 17.0 Å². The van der Waals surface area contributed by atoms with Crippen LogP contribution in [0.2, 0.25) is 0 Å². The average Bonchev–Trinajstić information content (AvgIpc) is 2.31. The molecule has 15 heavy (non-hydrogen) atoms. The molecule has 0 aliphatic carbocycles. The lowest BCUT2D eigenvalue weighted by Crippen LogP contribution is -1.89. The number of nitrogens with zero attached hydrogens (tertiary/aromatic N) is 3. The highest BCUT2D eigenvalue weighted by molar-refractivity contribution is 5.80. The number of rotatable bonds is 2. The molecule has 0 aromatic carbocycles. The Morgan fingerprint density at radius 1 is 1.07 bits per heavy atom. The molecule has 1 N–H and O–H groups in total. The van der Waals surface area contributed by atoms with E-state index in [1.165, 1.54) is 6.21 Å². The Kier molecular flexibility index (Phi) is 2.69. The van der Waals surface area contributed by atoms with Crippen molar-refractivity contribution in [3.63, 3.8) is 0 Å². The Hall–Kier alpha value is -2.23. The molecule has 0 atom stereocenters. The third-order valence-corrected chi connectivity index (χ3v) is 1.92. The number of hydrogen-bond acceptors (Lipinski definition) is 4. The molecule has 2 aromatic rings. The third kappa shape index (κ3) is 2.17. The summed E-state index contributed by atoms with van der Waals surface area (Å²) in [6.45, 7) is 0. The van der Waals surface area contributed by atoms with Crippen LogP contribution in [0.15, 0.2) is 47.9 Å². The molecule has 4 heteroatoms. The van der Waals surface area contributed by atoms with Crippen molar-refractivity contribution in [2.45, 2.75) is 0 Å². The fraction of sp³-hybridized carbons (Fsp3) is 0. The Morgan fingerprint density at radius 2 is 1.93 bits per heavy atom. The van der Waals surface area contributed by atoms with Crippen LogP contribution in [0.25, 0.3) is 11.4 Å². The van der Waals surface area contributed by atoms with E-state index in [9.17, 15) is 0 Å². The minimum absolute atomic E-state index is 0.757. The van der Waals surface area contributed by atoms with Crippen LogP contribution >= 0.6 is 0 Å². The number of hydrogen-bond donors (Lipinski definition) is 1. The van der Waals surface area contributed by atoms with Gasteiger partial charge in [0.05, 0.1) is 17.6 Å². The molecule has 0 fully saturated rings. The predicted molar refractivity (Wildman–Crippen MR) is 56.8 cm³/mol. The van der Waals surface area contributed by atoms with Gasteiger partial charge in [-0.1, -0.05) is 11.2 Å². The summed E-state index contributed by atoms with van der Waals surface area (Å²) in [6, 6.07) is 9.19. The van der Waals surface area contributed by atoms with Gasteiger partial charge in [0.15, 0.2) is 0 Å². The Balaban J connectivity index is 2.41. The molecule has 0 saturated heterocycles. The van der Waals surface area contributed by atoms with Crippen molar-refractivity contribution in [2.24, 2.45) is 5.16 Å². The van der Waals surface area contributed by atoms with Crippen molar-refractivity contribution in [2.75, 3.05) is 0 Å². The molecule has 4 nitrogen and oxygen atoms in total. The van der Waals surface area contributed by atoms with Crippen LogP contribution in [-0.2, 0) is 0 Å². The first-order valence-electron chi connectivity index (χ1n) is 4.45. The monoisotopic (exact) mass is 199 g/mol. The zero-order valence-corrected chi connectivity index (χ0v) is 7.91. The van der Waals surface area contributed by atoms with Crippen molar-refractivity contribution < 1.29 is 5.21 Å². The maximum absolute atomic E-state index is 8.41. The maximum atomic E-state index is 8.41. The maximum Gasteiger partial charge on any atom is 0.0892 e. The van der Waals surface area contributed by atoms with Gasteiger partial charge in [0.25, 0.3) is 0 Å². The Morgan fingerprint density at radius 3 is 2.67 bits per heavy atom. The molecule has 2 rings (SSSR count). The number of oxime groups is 1. The quantitative estimate of drug-likeness (QED) is 0.457. The first-order valence-corrected chi connectivity index (χ1v) is 4.45. The van der Waals surface area contributed by atoms with Crippen molar-refractivity contribution >= 4 is 6.21 Å². The second-order valence-corrected chi connectivity index (χ2v) is 2.93. The SMILES string of the molecule is ON=Cc1ccnc(-c2ccccn2)c1. The third-order valence-electron chi connectivity index (χ3n) is 1.92. The lowest BCUT2D eigenvalue weighted by atomic mass is 10.2. The van der Waals surface area contributed by atoms with Gasteiger partial charge in [-0.25, -0.2) is 0 Å². The van der Waals surface area contributed by atoms with Gasteiger partial charge in [0.1, 0.15) is 0 Å². The van der Waals surface area contributed by atoms with Crippen LogP contribution < -0.4 is 0 Å². The molecule has 0 bridgehead atoms. The summed E-state index contributed by atoms with van der Waals surface area (Å²) in [6.07, 6.45) is 4.72. The first-order chi connectivity index (χ1) is 7.40. The van der Waals surface area contributed by atoms with Crippen LogP contribution in [0.1, 0.15) is 5.56 Å². The van der Waals surface area contributed by atoms with E-state index in [1.54, 1.807) is 18.5 Å². The molecule has 2 aromatic heterocycles. The van der Waals surface area contributed by atoms with Crippen LogP contribution in [0.5, 0.6) is 0 Å². The van der Waals surface area contributed by atoms with E-state index in [0.29, 0.717) is 0 Å². The zero-order chi connectivity index (χ0) is 10.5. The van der Waals surface area contributed by atoms with Crippen molar-refractivity contribution in [3.8, 4) is 11.4 Å². The smallest absolute Gasteiger partial charge is 0.0892 e. The van der Waals surface area contributed by atoms with Crippen molar-refractivity contribution in [3.05, 3.63) is 48.3 Å². The second-order valence-electron chi connectivity index (χ2n) is 2.93. The van der Waals surface area contributed by atoms with Gasteiger partial charge in [-0.2, -0.15) is 0 Å². The standard InChI is InChI=1S/C11H9N3O/c15-14-8-9-4-6-13-11(7-9)10-3-1-2-5-12-10/h1-8,15H. The molecule has 0 radical (unpaired) electrons. The van der Waals surface area contributed by atoms with Gasteiger partial charge in [0, 0.05) is 12.4 Å². The van der Waals surface area contributed by atoms with E-state index < -0.39 is 0 Å². The summed E-state index contributed by atoms with van der Waals surface area (Å²) in [5, 5.41) is 11.4. The molecule has 2 heterocycles. The summed E-state index contributed by atoms with van der Waals surface area (Å²) >= 11 is 0. The van der Waals surface area contributed by atoms with E-state index >= 15 is 0 Å². The molecular formula is C11H9N3O. The van der Waals surface area contributed by atoms with Gasteiger partial charge >= 0.3 is 0 Å². The highest BCUT2D eigenvalue weighted by atomic mass is 16.4. The lowest BCUT2D eigenvalue weighted by molar-refractivity contribution is 0.322. The van der Waals surface area contributed by atoms with Gasteiger partial charge < -0.3 is 5.21 Å². The van der Waals surface area contributed by atoms with Crippen LogP contribution in [0, 0.1) is 0 Å². The van der Waals surface area contributed by atoms with E-state index in [4.69, 9.17) is 5.21 Å². The second kappa shape index (κ2) is 4.32. The van der Waals surface area contributed by atoms with E-state index in [1.807, 2.05) is 24.3 Å². The lowest BCUT2D eigenvalue weighted by Gasteiger charge is -1.99. The molecule has 0 saturated carbocycles. The normalized spacial score (nSPS) is 10.7. The summed E-state index contributed by atoms with van der Waals surface area (Å²) in [4.78, 5) is 8.37. The van der Waals surface area contributed by atoms with E-state index in [2.05, 4.69) is 15.1 Å². The first kappa shape index (κ1) is 9.33. The molecule has 0 aliphatic heterocycles. The highest BCUT2D eigenvalue weighted by Crippen LogP contribution is 2.13. The van der Waals surface area contributed by atoms with E-state index in [-0.39, 0.29) is 0 Å². The summed E-state index contributed by atoms with van der Waals surface area (Å²) in [7, 11) is 0.